The second kappa shape index (κ2) is 10.4. The summed E-state index contributed by atoms with van der Waals surface area (Å²) in [6.07, 6.45) is 0.896. The molecular formula is C20H25Cl2N3O. The van der Waals surface area contributed by atoms with E-state index in [1.807, 2.05) is 61.5 Å². The largest absolute Gasteiger partial charge is 0.334 e. The molecule has 2 aromatic carbocycles. The van der Waals surface area contributed by atoms with Crippen molar-refractivity contribution in [2.75, 3.05) is 27.2 Å². The van der Waals surface area contributed by atoms with E-state index >= 15 is 0 Å². The van der Waals surface area contributed by atoms with E-state index in [1.54, 1.807) is 6.07 Å². The van der Waals surface area contributed by atoms with Gasteiger partial charge in [-0.15, -0.1) is 0 Å². The van der Waals surface area contributed by atoms with Crippen LogP contribution < -0.4 is 5.32 Å². The molecule has 0 heterocycles. The number of carbonyl (C=O) groups excluding carboxylic acids is 1. The number of nitrogens with one attached hydrogen (secondary N) is 1. The Bertz CT molecular complexity index is 707. The highest BCUT2D eigenvalue weighted by molar-refractivity contribution is 6.42. The van der Waals surface area contributed by atoms with E-state index in [2.05, 4.69) is 10.2 Å². The highest BCUT2D eigenvalue weighted by Gasteiger charge is 2.14. The number of benzene rings is 2. The summed E-state index contributed by atoms with van der Waals surface area (Å²) in [7, 11) is 4.05. The Morgan fingerprint density at radius 2 is 1.69 bits per heavy atom. The maximum Gasteiger partial charge on any atom is 0.317 e. The fraction of sp³-hybridized carbons (Fsp3) is 0.350. The van der Waals surface area contributed by atoms with Crippen molar-refractivity contribution in [2.24, 2.45) is 0 Å². The third kappa shape index (κ3) is 6.87. The van der Waals surface area contributed by atoms with Crippen molar-refractivity contribution in [3.63, 3.8) is 0 Å². The van der Waals surface area contributed by atoms with Gasteiger partial charge in [0, 0.05) is 19.6 Å². The quantitative estimate of drug-likeness (QED) is 0.707. The van der Waals surface area contributed by atoms with Gasteiger partial charge in [-0.3, -0.25) is 0 Å². The molecule has 0 saturated carbocycles. The molecule has 6 heteroatoms. The molecule has 0 spiro atoms. The number of amides is 2. The molecule has 0 aliphatic carbocycles. The predicted molar refractivity (Wildman–Crippen MR) is 109 cm³/mol. The summed E-state index contributed by atoms with van der Waals surface area (Å²) in [5.41, 5.74) is 2.03. The molecule has 0 unspecified atom stereocenters. The van der Waals surface area contributed by atoms with Gasteiger partial charge in [-0.25, -0.2) is 4.79 Å². The highest BCUT2D eigenvalue weighted by atomic mass is 35.5. The lowest BCUT2D eigenvalue weighted by Gasteiger charge is -2.24. The average Bonchev–Trinajstić information content (AvgIpc) is 2.62. The molecule has 2 aromatic rings. The van der Waals surface area contributed by atoms with Crippen molar-refractivity contribution >= 4 is 29.2 Å². The molecule has 140 valence electrons. The van der Waals surface area contributed by atoms with Crippen LogP contribution in [0, 0.1) is 0 Å². The first-order valence-corrected chi connectivity index (χ1v) is 9.36. The van der Waals surface area contributed by atoms with Crippen molar-refractivity contribution in [2.45, 2.75) is 19.5 Å². The van der Waals surface area contributed by atoms with Gasteiger partial charge >= 0.3 is 6.03 Å². The van der Waals surface area contributed by atoms with Crippen molar-refractivity contribution in [1.82, 2.24) is 15.1 Å². The summed E-state index contributed by atoms with van der Waals surface area (Å²) < 4.78 is 0. The van der Waals surface area contributed by atoms with Gasteiger partial charge in [0.05, 0.1) is 10.0 Å². The first-order chi connectivity index (χ1) is 12.5. The Kier molecular flexibility index (Phi) is 8.23. The molecule has 2 rings (SSSR count). The van der Waals surface area contributed by atoms with Gasteiger partial charge in [0.2, 0.25) is 0 Å². The van der Waals surface area contributed by atoms with Gasteiger partial charge in [-0.1, -0.05) is 59.6 Å². The van der Waals surface area contributed by atoms with Crippen LogP contribution in [0.15, 0.2) is 48.5 Å². The Balaban J connectivity index is 2.01. The molecule has 2 amide bonds. The standard InChI is InChI=1S/C20H25Cl2N3O/c1-24(2)11-6-12-25(15-17-9-10-18(21)19(22)13-17)20(26)23-14-16-7-4-3-5-8-16/h3-5,7-10,13H,6,11-12,14-15H2,1-2H3,(H,23,26). The van der Waals surface area contributed by atoms with Gasteiger partial charge in [-0.2, -0.15) is 0 Å². The van der Waals surface area contributed by atoms with Gasteiger partial charge in [0.1, 0.15) is 0 Å². The number of hydrogen-bond donors (Lipinski definition) is 1. The number of hydrogen-bond acceptors (Lipinski definition) is 2. The molecule has 0 saturated heterocycles. The molecule has 0 atom stereocenters. The van der Waals surface area contributed by atoms with Crippen LogP contribution in [0.3, 0.4) is 0 Å². The zero-order valence-electron chi connectivity index (χ0n) is 15.2. The summed E-state index contributed by atoms with van der Waals surface area (Å²) in [5, 5.41) is 4.02. The van der Waals surface area contributed by atoms with Crippen LogP contribution in [0.4, 0.5) is 4.79 Å². The van der Waals surface area contributed by atoms with Gasteiger partial charge in [0.25, 0.3) is 0 Å². The smallest absolute Gasteiger partial charge is 0.317 e. The first-order valence-electron chi connectivity index (χ1n) is 8.61. The SMILES string of the molecule is CN(C)CCCN(Cc1ccc(Cl)c(Cl)c1)C(=O)NCc1ccccc1. The number of carbonyl (C=O) groups is 1. The zero-order valence-corrected chi connectivity index (χ0v) is 16.7. The Hall–Kier alpha value is -1.75. The molecular weight excluding hydrogens is 369 g/mol. The molecule has 0 fully saturated rings. The number of rotatable bonds is 8. The van der Waals surface area contributed by atoms with E-state index in [-0.39, 0.29) is 6.03 Å². The van der Waals surface area contributed by atoms with Crippen LogP contribution in [0.5, 0.6) is 0 Å². The van der Waals surface area contributed by atoms with E-state index in [9.17, 15) is 4.79 Å². The Morgan fingerprint density at radius 1 is 0.962 bits per heavy atom. The minimum absolute atomic E-state index is 0.0846. The topological polar surface area (TPSA) is 35.6 Å². The molecule has 4 nitrogen and oxygen atoms in total. The minimum atomic E-state index is -0.0846. The number of halogens is 2. The van der Waals surface area contributed by atoms with Crippen LogP contribution in [0.25, 0.3) is 0 Å². The lowest BCUT2D eigenvalue weighted by Crippen LogP contribution is -2.40. The van der Waals surface area contributed by atoms with Gasteiger partial charge < -0.3 is 15.1 Å². The lowest BCUT2D eigenvalue weighted by molar-refractivity contribution is 0.191. The predicted octanol–water partition coefficient (Wildman–Crippen LogP) is 4.66. The maximum atomic E-state index is 12.7. The molecule has 1 N–H and O–H groups in total. The third-order valence-corrected chi connectivity index (χ3v) is 4.70. The highest BCUT2D eigenvalue weighted by Crippen LogP contribution is 2.23. The van der Waals surface area contributed by atoms with E-state index in [0.717, 1.165) is 24.1 Å². The third-order valence-electron chi connectivity index (χ3n) is 3.96. The van der Waals surface area contributed by atoms with Crippen molar-refractivity contribution in [3.8, 4) is 0 Å². The second-order valence-electron chi connectivity index (χ2n) is 6.47. The average molecular weight is 394 g/mol. The summed E-state index contributed by atoms with van der Waals surface area (Å²) >= 11 is 12.1. The summed E-state index contributed by atoms with van der Waals surface area (Å²) in [4.78, 5) is 16.6. The van der Waals surface area contributed by atoms with E-state index in [0.29, 0.717) is 29.7 Å². The molecule has 0 aromatic heterocycles. The fourth-order valence-electron chi connectivity index (χ4n) is 2.57. The van der Waals surface area contributed by atoms with E-state index in [4.69, 9.17) is 23.2 Å². The minimum Gasteiger partial charge on any atom is -0.334 e. The number of urea groups is 1. The van der Waals surface area contributed by atoms with Crippen LogP contribution in [0.2, 0.25) is 10.0 Å². The van der Waals surface area contributed by atoms with Crippen LogP contribution in [0.1, 0.15) is 17.5 Å². The second-order valence-corrected chi connectivity index (χ2v) is 7.29. The summed E-state index contributed by atoms with van der Waals surface area (Å²) in [6, 6.07) is 15.3. The van der Waals surface area contributed by atoms with Gasteiger partial charge in [-0.05, 0) is 50.3 Å². The normalized spacial score (nSPS) is 10.8. The fourth-order valence-corrected chi connectivity index (χ4v) is 2.89. The van der Waals surface area contributed by atoms with Crippen molar-refractivity contribution in [3.05, 3.63) is 69.7 Å². The van der Waals surface area contributed by atoms with Crippen molar-refractivity contribution < 1.29 is 4.79 Å². The van der Waals surface area contributed by atoms with Crippen LogP contribution in [-0.2, 0) is 13.1 Å². The molecule has 0 bridgehead atoms. The van der Waals surface area contributed by atoms with Crippen molar-refractivity contribution in [1.29, 1.82) is 0 Å². The maximum absolute atomic E-state index is 12.7. The van der Waals surface area contributed by atoms with E-state index in [1.165, 1.54) is 0 Å². The van der Waals surface area contributed by atoms with Crippen LogP contribution in [-0.4, -0.2) is 43.0 Å². The zero-order chi connectivity index (χ0) is 18.9. The molecule has 0 aliphatic rings. The first kappa shape index (κ1) is 20.6. The summed E-state index contributed by atoms with van der Waals surface area (Å²) in [5.74, 6) is 0. The number of nitrogens with zero attached hydrogens (tertiary/aromatic N) is 2. The van der Waals surface area contributed by atoms with Crippen LogP contribution >= 0.6 is 23.2 Å². The molecule has 0 radical (unpaired) electrons. The van der Waals surface area contributed by atoms with E-state index < -0.39 is 0 Å². The monoisotopic (exact) mass is 393 g/mol. The van der Waals surface area contributed by atoms with Gasteiger partial charge in [0.15, 0.2) is 0 Å². The Labute approximate surface area is 165 Å². The lowest BCUT2D eigenvalue weighted by atomic mass is 10.2. The summed E-state index contributed by atoms with van der Waals surface area (Å²) in [6.45, 7) is 2.58. The Morgan fingerprint density at radius 3 is 2.35 bits per heavy atom. The molecule has 26 heavy (non-hydrogen) atoms. The molecule has 0 aliphatic heterocycles.